The SMILES string of the molecule is CO[C@@H]1CN(C)C(=O)c2cc(NC(C)=O)ccc2OC[C@@H](C)N(C(=O)C2CC2)C[C@H]1C. The maximum Gasteiger partial charge on any atom is 0.257 e. The number of ether oxygens (including phenoxy) is 2. The maximum atomic E-state index is 13.2. The van der Waals surface area contributed by atoms with Crippen molar-refractivity contribution >= 4 is 23.4 Å². The zero-order valence-electron chi connectivity index (χ0n) is 19.0. The van der Waals surface area contributed by atoms with Crippen LogP contribution in [0.25, 0.3) is 0 Å². The quantitative estimate of drug-likeness (QED) is 0.794. The van der Waals surface area contributed by atoms with E-state index < -0.39 is 0 Å². The first-order valence-electron chi connectivity index (χ1n) is 10.8. The number of carbonyl (C=O) groups excluding carboxylic acids is 3. The number of benzene rings is 1. The fourth-order valence-electron chi connectivity index (χ4n) is 3.93. The van der Waals surface area contributed by atoms with Gasteiger partial charge in [0.2, 0.25) is 11.8 Å². The molecule has 0 radical (unpaired) electrons. The molecule has 8 heteroatoms. The number of carbonyl (C=O) groups is 3. The zero-order valence-corrected chi connectivity index (χ0v) is 19.0. The number of nitrogens with one attached hydrogen (secondary N) is 1. The van der Waals surface area contributed by atoms with Gasteiger partial charge in [-0.05, 0) is 38.0 Å². The fourth-order valence-corrected chi connectivity index (χ4v) is 3.93. The molecule has 1 N–H and O–H groups in total. The van der Waals surface area contributed by atoms with Crippen LogP contribution in [0.15, 0.2) is 18.2 Å². The van der Waals surface area contributed by atoms with Crippen LogP contribution in [0.5, 0.6) is 5.75 Å². The van der Waals surface area contributed by atoms with Gasteiger partial charge >= 0.3 is 0 Å². The first kappa shape index (κ1) is 23.1. The first-order chi connectivity index (χ1) is 14.7. The van der Waals surface area contributed by atoms with Crippen molar-refractivity contribution in [3.05, 3.63) is 23.8 Å². The summed E-state index contributed by atoms with van der Waals surface area (Å²) in [6, 6.07) is 4.87. The van der Waals surface area contributed by atoms with Crippen molar-refractivity contribution in [3.8, 4) is 5.75 Å². The average molecular weight is 432 g/mol. The smallest absolute Gasteiger partial charge is 0.257 e. The lowest BCUT2D eigenvalue weighted by atomic mass is 10.0. The van der Waals surface area contributed by atoms with E-state index in [1.807, 2.05) is 18.7 Å². The van der Waals surface area contributed by atoms with Crippen LogP contribution >= 0.6 is 0 Å². The average Bonchev–Trinajstić information content (AvgIpc) is 3.57. The van der Waals surface area contributed by atoms with Gasteiger partial charge in [-0.3, -0.25) is 14.4 Å². The standard InChI is InChI=1S/C23H33N3O5/c1-14-11-26(22(28)17-6-7-17)15(2)13-31-20-9-8-18(24-16(3)27)10-19(20)23(29)25(4)12-21(14)30-5/h8-10,14-15,17,21H,6-7,11-13H2,1-5H3,(H,24,27)/t14-,15-,21-/m1/s1. The van der Waals surface area contributed by atoms with E-state index in [0.29, 0.717) is 30.1 Å². The molecule has 170 valence electrons. The summed E-state index contributed by atoms with van der Waals surface area (Å²) >= 11 is 0. The summed E-state index contributed by atoms with van der Waals surface area (Å²) in [5, 5.41) is 2.71. The summed E-state index contributed by atoms with van der Waals surface area (Å²) < 4.78 is 11.7. The first-order valence-corrected chi connectivity index (χ1v) is 10.8. The lowest BCUT2D eigenvalue weighted by Gasteiger charge is -2.36. The number of likely N-dealkylation sites (N-methyl/N-ethyl adjacent to an activating group) is 1. The molecule has 0 aromatic heterocycles. The van der Waals surface area contributed by atoms with Crippen molar-refractivity contribution in [1.82, 2.24) is 9.80 Å². The topological polar surface area (TPSA) is 88.2 Å². The van der Waals surface area contributed by atoms with Gasteiger partial charge in [-0.1, -0.05) is 6.92 Å². The van der Waals surface area contributed by atoms with Gasteiger partial charge in [0, 0.05) is 51.7 Å². The molecule has 1 aliphatic heterocycles. The Hall–Kier alpha value is -2.61. The van der Waals surface area contributed by atoms with Crippen LogP contribution in [0.2, 0.25) is 0 Å². The molecule has 1 heterocycles. The minimum Gasteiger partial charge on any atom is -0.491 e. The van der Waals surface area contributed by atoms with Crippen LogP contribution in [0.4, 0.5) is 5.69 Å². The van der Waals surface area contributed by atoms with Gasteiger partial charge in [0.25, 0.3) is 5.91 Å². The van der Waals surface area contributed by atoms with E-state index in [-0.39, 0.29) is 48.3 Å². The largest absolute Gasteiger partial charge is 0.491 e. The van der Waals surface area contributed by atoms with Gasteiger partial charge in [-0.2, -0.15) is 0 Å². The molecule has 3 amide bonds. The number of hydrogen-bond donors (Lipinski definition) is 1. The number of nitrogens with zero attached hydrogens (tertiary/aromatic N) is 2. The van der Waals surface area contributed by atoms with Gasteiger partial charge in [0.1, 0.15) is 12.4 Å². The van der Waals surface area contributed by atoms with Crippen LogP contribution in [0, 0.1) is 11.8 Å². The second kappa shape index (κ2) is 9.68. The van der Waals surface area contributed by atoms with E-state index in [2.05, 4.69) is 5.32 Å². The number of fused-ring (bicyclic) bond motifs is 1. The summed E-state index contributed by atoms with van der Waals surface area (Å²) in [5.41, 5.74) is 0.892. The Labute approximate surface area is 183 Å². The van der Waals surface area contributed by atoms with Gasteiger partial charge in [-0.15, -0.1) is 0 Å². The highest BCUT2D eigenvalue weighted by molar-refractivity contribution is 5.99. The van der Waals surface area contributed by atoms with Crippen LogP contribution in [0.3, 0.4) is 0 Å². The molecule has 3 rings (SSSR count). The number of anilines is 1. The molecule has 3 atom stereocenters. The Bertz CT molecular complexity index is 839. The predicted molar refractivity (Wildman–Crippen MR) is 117 cm³/mol. The predicted octanol–water partition coefficient (Wildman–Crippen LogP) is 2.39. The van der Waals surface area contributed by atoms with Crippen LogP contribution in [0.1, 0.15) is 44.0 Å². The number of rotatable bonds is 3. The van der Waals surface area contributed by atoms with Crippen molar-refractivity contribution < 1.29 is 23.9 Å². The third kappa shape index (κ3) is 5.55. The summed E-state index contributed by atoms with van der Waals surface area (Å²) in [6.45, 7) is 6.63. The Morgan fingerprint density at radius 1 is 1.19 bits per heavy atom. The summed E-state index contributed by atoms with van der Waals surface area (Å²) in [4.78, 5) is 41.2. The molecule has 0 unspecified atom stereocenters. The molecule has 1 aliphatic carbocycles. The van der Waals surface area contributed by atoms with E-state index in [9.17, 15) is 14.4 Å². The molecular weight excluding hydrogens is 398 g/mol. The van der Waals surface area contributed by atoms with Crippen LogP contribution < -0.4 is 10.1 Å². The van der Waals surface area contributed by atoms with E-state index in [0.717, 1.165) is 12.8 Å². The van der Waals surface area contributed by atoms with Crippen LogP contribution in [-0.2, 0) is 14.3 Å². The molecule has 2 aliphatic rings. The molecule has 31 heavy (non-hydrogen) atoms. The molecule has 1 fully saturated rings. The van der Waals surface area contributed by atoms with Gasteiger partial charge in [-0.25, -0.2) is 0 Å². The Kier molecular flexibility index (Phi) is 7.20. The van der Waals surface area contributed by atoms with E-state index in [1.54, 1.807) is 37.3 Å². The van der Waals surface area contributed by atoms with E-state index in [4.69, 9.17) is 9.47 Å². The Morgan fingerprint density at radius 3 is 2.52 bits per heavy atom. The fraction of sp³-hybridized carbons (Fsp3) is 0.609. The molecule has 1 aromatic carbocycles. The zero-order chi connectivity index (χ0) is 22.7. The van der Waals surface area contributed by atoms with Gasteiger partial charge in [0.05, 0.1) is 17.7 Å². The molecule has 0 spiro atoms. The highest BCUT2D eigenvalue weighted by Crippen LogP contribution is 2.33. The molecule has 1 aromatic rings. The van der Waals surface area contributed by atoms with Crippen molar-refractivity contribution in [2.75, 3.05) is 39.2 Å². The lowest BCUT2D eigenvalue weighted by Crippen LogP contribution is -2.49. The normalized spacial score (nSPS) is 25.1. The lowest BCUT2D eigenvalue weighted by molar-refractivity contribution is -0.136. The molecule has 1 saturated carbocycles. The second-order valence-corrected chi connectivity index (χ2v) is 8.75. The summed E-state index contributed by atoms with van der Waals surface area (Å²) in [6.07, 6.45) is 1.66. The minimum absolute atomic E-state index is 0.0370. The monoisotopic (exact) mass is 431 g/mol. The highest BCUT2D eigenvalue weighted by Gasteiger charge is 2.37. The minimum atomic E-state index is -0.224. The number of amides is 3. The van der Waals surface area contributed by atoms with Crippen molar-refractivity contribution in [2.45, 2.75) is 45.8 Å². The van der Waals surface area contributed by atoms with Gasteiger partial charge < -0.3 is 24.6 Å². The second-order valence-electron chi connectivity index (χ2n) is 8.75. The van der Waals surface area contributed by atoms with E-state index in [1.165, 1.54) is 6.92 Å². The molecule has 0 saturated heterocycles. The van der Waals surface area contributed by atoms with Crippen molar-refractivity contribution in [3.63, 3.8) is 0 Å². The van der Waals surface area contributed by atoms with Crippen molar-refractivity contribution in [1.29, 1.82) is 0 Å². The molecule has 0 bridgehead atoms. The highest BCUT2D eigenvalue weighted by atomic mass is 16.5. The molecule has 8 nitrogen and oxygen atoms in total. The third-order valence-corrected chi connectivity index (χ3v) is 5.97. The summed E-state index contributed by atoms with van der Waals surface area (Å²) in [5.74, 6) is 0.316. The van der Waals surface area contributed by atoms with Crippen LogP contribution in [-0.4, -0.2) is 73.5 Å². The van der Waals surface area contributed by atoms with Crippen molar-refractivity contribution in [2.24, 2.45) is 11.8 Å². The number of hydrogen-bond acceptors (Lipinski definition) is 5. The summed E-state index contributed by atoms with van der Waals surface area (Å²) in [7, 11) is 3.35. The van der Waals surface area contributed by atoms with Gasteiger partial charge in [0.15, 0.2) is 0 Å². The number of methoxy groups -OCH3 is 1. The third-order valence-electron chi connectivity index (χ3n) is 5.97. The Balaban J connectivity index is 1.95. The maximum absolute atomic E-state index is 13.2. The Morgan fingerprint density at radius 2 is 1.90 bits per heavy atom. The molecular formula is C23H33N3O5. The van der Waals surface area contributed by atoms with E-state index >= 15 is 0 Å².